The van der Waals surface area contributed by atoms with Crippen LogP contribution in [0.2, 0.25) is 0 Å². The van der Waals surface area contributed by atoms with Crippen molar-refractivity contribution in [2.45, 2.75) is 26.1 Å². The summed E-state index contributed by atoms with van der Waals surface area (Å²) in [4.78, 5) is 29.0. The maximum absolute atomic E-state index is 13.9. The molecule has 0 saturated carbocycles. The van der Waals surface area contributed by atoms with Gasteiger partial charge in [-0.2, -0.15) is 0 Å². The number of carbonyl (C=O) groups is 2. The minimum Gasteiger partial charge on any atom is -0.399 e. The van der Waals surface area contributed by atoms with Crippen LogP contribution < -0.4 is 16.0 Å². The van der Waals surface area contributed by atoms with Crippen molar-refractivity contribution in [3.8, 4) is 0 Å². The standard InChI is InChI=1S/C25H23F3N4O2/c1-14-19-8-5-16(24(33)30-12-20-21(27)10-17(26)11-22(20)28)9-23(19)32(25(34)31(14)2)13-15-3-6-18(29)7-4-15/h3-11,14H,12-13,29H2,1-2H3,(H,30,33)/t14-/m0/s1. The Balaban J connectivity index is 1.61. The molecule has 6 nitrogen and oxygen atoms in total. The van der Waals surface area contributed by atoms with Gasteiger partial charge in [-0.3, -0.25) is 9.69 Å². The van der Waals surface area contributed by atoms with Gasteiger partial charge in [0.2, 0.25) is 0 Å². The van der Waals surface area contributed by atoms with Crippen molar-refractivity contribution in [2.24, 2.45) is 0 Å². The average molecular weight is 468 g/mol. The number of fused-ring (bicyclic) bond motifs is 1. The lowest BCUT2D eigenvalue weighted by Crippen LogP contribution is -2.46. The number of carbonyl (C=O) groups excluding carboxylic acids is 2. The number of nitrogens with one attached hydrogen (secondary N) is 1. The number of amides is 3. The summed E-state index contributed by atoms with van der Waals surface area (Å²) in [5, 5.41) is 2.46. The van der Waals surface area contributed by atoms with Gasteiger partial charge in [-0.1, -0.05) is 18.2 Å². The molecule has 0 spiro atoms. The molecular weight excluding hydrogens is 445 g/mol. The van der Waals surface area contributed by atoms with E-state index in [1.54, 1.807) is 47.2 Å². The smallest absolute Gasteiger partial charge is 0.325 e. The van der Waals surface area contributed by atoms with E-state index < -0.39 is 35.5 Å². The summed E-state index contributed by atoms with van der Waals surface area (Å²) >= 11 is 0. The van der Waals surface area contributed by atoms with E-state index in [-0.39, 0.29) is 24.2 Å². The first-order valence-electron chi connectivity index (χ1n) is 10.6. The Bertz CT molecular complexity index is 1240. The average Bonchev–Trinajstić information content (AvgIpc) is 2.80. The predicted octanol–water partition coefficient (Wildman–Crippen LogP) is 4.75. The fraction of sp³-hybridized carbons (Fsp3) is 0.200. The molecule has 1 atom stereocenters. The van der Waals surface area contributed by atoms with Crippen LogP contribution in [0.1, 0.15) is 40.0 Å². The molecule has 176 valence electrons. The summed E-state index contributed by atoms with van der Waals surface area (Å²) in [5.41, 5.74) is 8.41. The number of rotatable bonds is 5. The molecule has 0 saturated heterocycles. The lowest BCUT2D eigenvalue weighted by atomic mass is 9.98. The molecule has 3 aromatic carbocycles. The molecule has 0 aliphatic carbocycles. The Morgan fingerprint density at radius 3 is 2.32 bits per heavy atom. The Hall–Kier alpha value is -4.01. The molecule has 9 heteroatoms. The zero-order chi connectivity index (χ0) is 24.6. The number of anilines is 2. The van der Waals surface area contributed by atoms with E-state index in [2.05, 4.69) is 5.32 Å². The highest BCUT2D eigenvalue weighted by Gasteiger charge is 2.33. The van der Waals surface area contributed by atoms with E-state index in [4.69, 9.17) is 5.73 Å². The normalized spacial score (nSPS) is 15.3. The van der Waals surface area contributed by atoms with Gasteiger partial charge in [0.05, 0.1) is 18.3 Å². The third-order valence-electron chi connectivity index (χ3n) is 6.00. The van der Waals surface area contributed by atoms with E-state index in [0.717, 1.165) is 11.1 Å². The lowest BCUT2D eigenvalue weighted by Gasteiger charge is -2.39. The predicted molar refractivity (Wildman–Crippen MR) is 123 cm³/mol. The van der Waals surface area contributed by atoms with Crippen LogP contribution in [0.4, 0.5) is 29.3 Å². The van der Waals surface area contributed by atoms with Gasteiger partial charge in [0.1, 0.15) is 17.5 Å². The molecule has 34 heavy (non-hydrogen) atoms. The zero-order valence-electron chi connectivity index (χ0n) is 18.6. The number of urea groups is 1. The number of nitrogens with zero attached hydrogens (tertiary/aromatic N) is 2. The monoisotopic (exact) mass is 468 g/mol. The fourth-order valence-electron chi connectivity index (χ4n) is 3.91. The van der Waals surface area contributed by atoms with Gasteiger partial charge in [-0.05, 0) is 42.3 Å². The third kappa shape index (κ3) is 4.41. The van der Waals surface area contributed by atoms with E-state index in [1.807, 2.05) is 19.1 Å². The van der Waals surface area contributed by atoms with E-state index in [1.165, 1.54) is 0 Å². The van der Waals surface area contributed by atoms with E-state index in [9.17, 15) is 22.8 Å². The van der Waals surface area contributed by atoms with Gasteiger partial charge in [0.15, 0.2) is 0 Å². The van der Waals surface area contributed by atoms with Gasteiger partial charge in [-0.25, -0.2) is 18.0 Å². The SMILES string of the molecule is C[C@H]1c2ccc(C(=O)NCc3c(F)cc(F)cc3F)cc2N(Cc2ccc(N)cc2)C(=O)N1C. The summed E-state index contributed by atoms with van der Waals surface area (Å²) < 4.78 is 40.9. The van der Waals surface area contributed by atoms with Crippen molar-refractivity contribution in [1.82, 2.24) is 10.2 Å². The molecule has 0 radical (unpaired) electrons. The van der Waals surface area contributed by atoms with Gasteiger partial charge < -0.3 is 16.0 Å². The first-order valence-corrected chi connectivity index (χ1v) is 10.6. The Kier molecular flexibility index (Phi) is 6.19. The molecule has 0 aromatic heterocycles. The fourth-order valence-corrected chi connectivity index (χ4v) is 3.91. The quantitative estimate of drug-likeness (QED) is 0.531. The number of nitrogen functional groups attached to an aromatic ring is 1. The van der Waals surface area contributed by atoms with Crippen LogP contribution >= 0.6 is 0 Å². The number of halogens is 3. The molecule has 1 heterocycles. The lowest BCUT2D eigenvalue weighted by molar-refractivity contribution is 0.0950. The molecule has 0 fully saturated rings. The first kappa shape index (κ1) is 23.2. The molecule has 1 aliphatic rings. The van der Waals surface area contributed by atoms with Crippen LogP contribution in [0.5, 0.6) is 0 Å². The van der Waals surface area contributed by atoms with Crippen LogP contribution in [0.25, 0.3) is 0 Å². The number of hydrogen-bond donors (Lipinski definition) is 2. The number of benzene rings is 3. The van der Waals surface area contributed by atoms with Gasteiger partial charge in [0.25, 0.3) is 5.91 Å². The molecule has 3 amide bonds. The molecular formula is C25H23F3N4O2. The summed E-state index contributed by atoms with van der Waals surface area (Å²) in [6, 6.07) is 12.7. The van der Waals surface area contributed by atoms with E-state index >= 15 is 0 Å². The second-order valence-corrected chi connectivity index (χ2v) is 8.20. The van der Waals surface area contributed by atoms with Crippen molar-refractivity contribution < 1.29 is 22.8 Å². The summed E-state index contributed by atoms with van der Waals surface area (Å²) in [7, 11) is 1.71. The van der Waals surface area contributed by atoms with Gasteiger partial charge >= 0.3 is 6.03 Å². The summed E-state index contributed by atoms with van der Waals surface area (Å²) in [6.45, 7) is 1.69. The van der Waals surface area contributed by atoms with Crippen LogP contribution in [0, 0.1) is 17.5 Å². The second-order valence-electron chi connectivity index (χ2n) is 8.20. The van der Waals surface area contributed by atoms with Crippen molar-refractivity contribution in [3.05, 3.63) is 94.3 Å². The van der Waals surface area contributed by atoms with Crippen molar-refractivity contribution in [2.75, 3.05) is 17.7 Å². The van der Waals surface area contributed by atoms with E-state index in [0.29, 0.717) is 23.5 Å². The summed E-state index contributed by atoms with van der Waals surface area (Å²) in [6.07, 6.45) is 0. The van der Waals surface area contributed by atoms with Crippen LogP contribution in [0.15, 0.2) is 54.6 Å². The maximum atomic E-state index is 13.9. The highest BCUT2D eigenvalue weighted by molar-refractivity contribution is 5.99. The topological polar surface area (TPSA) is 78.7 Å². The third-order valence-corrected chi connectivity index (χ3v) is 6.00. The molecule has 0 bridgehead atoms. The number of hydrogen-bond acceptors (Lipinski definition) is 3. The first-order chi connectivity index (χ1) is 16.2. The zero-order valence-corrected chi connectivity index (χ0v) is 18.6. The van der Waals surface area contributed by atoms with Crippen molar-refractivity contribution >= 4 is 23.3 Å². The maximum Gasteiger partial charge on any atom is 0.325 e. The highest BCUT2D eigenvalue weighted by Crippen LogP contribution is 2.37. The minimum atomic E-state index is -1.08. The Morgan fingerprint density at radius 2 is 1.68 bits per heavy atom. The highest BCUT2D eigenvalue weighted by atomic mass is 19.1. The van der Waals surface area contributed by atoms with Crippen LogP contribution in [-0.4, -0.2) is 23.9 Å². The molecule has 4 rings (SSSR count). The van der Waals surface area contributed by atoms with Crippen LogP contribution in [-0.2, 0) is 13.1 Å². The molecule has 0 unspecified atom stereocenters. The molecule has 3 aromatic rings. The van der Waals surface area contributed by atoms with Gasteiger partial charge in [0, 0.05) is 42.5 Å². The van der Waals surface area contributed by atoms with Crippen molar-refractivity contribution in [1.29, 1.82) is 0 Å². The van der Waals surface area contributed by atoms with Crippen LogP contribution in [0.3, 0.4) is 0 Å². The second kappa shape index (κ2) is 9.09. The Labute approximate surface area is 194 Å². The number of nitrogens with two attached hydrogens (primary N) is 1. The summed E-state index contributed by atoms with van der Waals surface area (Å²) in [5.74, 6) is -3.79. The van der Waals surface area contributed by atoms with Crippen molar-refractivity contribution in [3.63, 3.8) is 0 Å². The molecule has 1 aliphatic heterocycles. The minimum absolute atomic E-state index is 0.216. The molecule has 3 N–H and O–H groups in total. The largest absolute Gasteiger partial charge is 0.399 e. The Morgan fingerprint density at radius 1 is 1.03 bits per heavy atom. The van der Waals surface area contributed by atoms with Gasteiger partial charge in [-0.15, -0.1) is 0 Å².